The van der Waals surface area contributed by atoms with Crippen molar-refractivity contribution >= 4 is 10.9 Å². The van der Waals surface area contributed by atoms with E-state index >= 15 is 0 Å². The van der Waals surface area contributed by atoms with E-state index in [1.54, 1.807) is 6.20 Å². The minimum atomic E-state index is 0.182. The summed E-state index contributed by atoms with van der Waals surface area (Å²) < 4.78 is 12.1. The average molecular weight is 289 g/mol. The summed E-state index contributed by atoms with van der Waals surface area (Å²) in [5.74, 6) is 1.60. The molecular formula is C16H23N3O2. The normalized spacial score (nSPS) is 22.4. The number of ether oxygens (including phenoxy) is 2. The van der Waals surface area contributed by atoms with Gasteiger partial charge >= 0.3 is 0 Å². The molecule has 0 spiro atoms. The quantitative estimate of drug-likeness (QED) is 0.887. The maximum atomic E-state index is 6.18. The molecule has 5 nitrogen and oxygen atoms in total. The molecule has 5 heteroatoms. The van der Waals surface area contributed by atoms with E-state index in [0.29, 0.717) is 6.61 Å². The molecule has 2 atom stereocenters. The van der Waals surface area contributed by atoms with Crippen molar-refractivity contribution in [3.8, 4) is 11.5 Å². The maximum Gasteiger partial charge on any atom is 0.172 e. The molecule has 1 aromatic carbocycles. The third-order valence-corrected chi connectivity index (χ3v) is 3.95. The van der Waals surface area contributed by atoms with Crippen molar-refractivity contribution in [2.24, 2.45) is 5.73 Å². The fourth-order valence-corrected chi connectivity index (χ4v) is 2.89. The largest absolute Gasteiger partial charge is 0.489 e. The van der Waals surface area contributed by atoms with Gasteiger partial charge in [-0.3, -0.25) is 5.10 Å². The monoisotopic (exact) mass is 289 g/mol. The molecule has 0 saturated heterocycles. The van der Waals surface area contributed by atoms with E-state index in [0.717, 1.165) is 54.5 Å². The lowest BCUT2D eigenvalue weighted by atomic mass is 9.93. The van der Waals surface area contributed by atoms with Gasteiger partial charge in [0.2, 0.25) is 0 Å². The van der Waals surface area contributed by atoms with Crippen LogP contribution in [-0.2, 0) is 0 Å². The number of fused-ring (bicyclic) bond motifs is 1. The van der Waals surface area contributed by atoms with Gasteiger partial charge in [-0.2, -0.15) is 5.10 Å². The Balaban J connectivity index is 1.85. The standard InChI is InChI=1S/C16H23N3O2/c1-2-8-20-16-13-10-18-19-14(13)6-7-15(16)21-12-5-3-4-11(17)9-12/h6-7,10-12H,2-5,8-9,17H2,1H3,(H,18,19)/t11-,12+/m1/s1. The summed E-state index contributed by atoms with van der Waals surface area (Å²) in [4.78, 5) is 0. The van der Waals surface area contributed by atoms with E-state index in [4.69, 9.17) is 15.2 Å². The summed E-state index contributed by atoms with van der Waals surface area (Å²) in [6.45, 7) is 2.76. The summed E-state index contributed by atoms with van der Waals surface area (Å²) in [6, 6.07) is 4.20. The predicted molar refractivity (Wildman–Crippen MR) is 82.7 cm³/mol. The number of rotatable bonds is 5. The highest BCUT2D eigenvalue weighted by Crippen LogP contribution is 2.37. The van der Waals surface area contributed by atoms with Crippen molar-refractivity contribution in [2.45, 2.75) is 51.2 Å². The highest BCUT2D eigenvalue weighted by molar-refractivity contribution is 5.87. The Kier molecular flexibility index (Phi) is 4.29. The Morgan fingerprint density at radius 1 is 1.38 bits per heavy atom. The molecule has 0 bridgehead atoms. The topological polar surface area (TPSA) is 73.2 Å². The van der Waals surface area contributed by atoms with Gasteiger partial charge in [0.25, 0.3) is 0 Å². The predicted octanol–water partition coefficient (Wildman–Crippen LogP) is 3.00. The number of aromatic nitrogens is 2. The van der Waals surface area contributed by atoms with Crippen molar-refractivity contribution in [3.63, 3.8) is 0 Å². The zero-order valence-electron chi connectivity index (χ0n) is 12.5. The number of H-pyrrole nitrogens is 1. The van der Waals surface area contributed by atoms with Crippen LogP contribution in [0.25, 0.3) is 10.9 Å². The Morgan fingerprint density at radius 3 is 3.10 bits per heavy atom. The smallest absolute Gasteiger partial charge is 0.172 e. The van der Waals surface area contributed by atoms with E-state index < -0.39 is 0 Å². The van der Waals surface area contributed by atoms with Crippen LogP contribution in [0.4, 0.5) is 0 Å². The lowest BCUT2D eigenvalue weighted by Crippen LogP contribution is -2.33. The Labute approximate surface area is 124 Å². The molecule has 0 amide bonds. The van der Waals surface area contributed by atoms with Crippen LogP contribution < -0.4 is 15.2 Å². The Morgan fingerprint density at radius 2 is 2.29 bits per heavy atom. The van der Waals surface area contributed by atoms with Crippen LogP contribution in [0.5, 0.6) is 11.5 Å². The summed E-state index contributed by atoms with van der Waals surface area (Å²) in [5, 5.41) is 8.03. The summed E-state index contributed by atoms with van der Waals surface area (Å²) >= 11 is 0. The highest BCUT2D eigenvalue weighted by atomic mass is 16.5. The number of hydrogen-bond donors (Lipinski definition) is 2. The number of benzene rings is 1. The first kappa shape index (κ1) is 14.2. The average Bonchev–Trinajstić information content (AvgIpc) is 2.95. The minimum absolute atomic E-state index is 0.182. The Bertz CT molecular complexity index is 596. The summed E-state index contributed by atoms with van der Waals surface area (Å²) in [5.41, 5.74) is 7.01. The number of nitrogens with two attached hydrogens (primary N) is 1. The highest BCUT2D eigenvalue weighted by Gasteiger charge is 2.22. The van der Waals surface area contributed by atoms with E-state index in [1.165, 1.54) is 0 Å². The molecule has 21 heavy (non-hydrogen) atoms. The van der Waals surface area contributed by atoms with E-state index in [-0.39, 0.29) is 12.1 Å². The summed E-state index contributed by atoms with van der Waals surface area (Å²) in [6.07, 6.45) is 7.13. The van der Waals surface area contributed by atoms with Crippen LogP contribution in [0.15, 0.2) is 18.3 Å². The molecule has 1 fully saturated rings. The minimum Gasteiger partial charge on any atom is -0.489 e. The molecule has 0 unspecified atom stereocenters. The number of nitrogens with zero attached hydrogens (tertiary/aromatic N) is 1. The second kappa shape index (κ2) is 6.35. The van der Waals surface area contributed by atoms with Crippen LogP contribution in [0.1, 0.15) is 39.0 Å². The zero-order valence-corrected chi connectivity index (χ0v) is 12.5. The van der Waals surface area contributed by atoms with Crippen LogP contribution >= 0.6 is 0 Å². The van der Waals surface area contributed by atoms with E-state index in [1.807, 2.05) is 12.1 Å². The third-order valence-electron chi connectivity index (χ3n) is 3.95. The van der Waals surface area contributed by atoms with Gasteiger partial charge in [0.05, 0.1) is 23.7 Å². The van der Waals surface area contributed by atoms with Gasteiger partial charge in [-0.1, -0.05) is 6.92 Å². The zero-order chi connectivity index (χ0) is 14.7. The van der Waals surface area contributed by atoms with E-state index in [2.05, 4.69) is 17.1 Å². The molecule has 3 N–H and O–H groups in total. The first-order valence-corrected chi connectivity index (χ1v) is 7.79. The van der Waals surface area contributed by atoms with Crippen molar-refractivity contribution in [1.82, 2.24) is 10.2 Å². The van der Waals surface area contributed by atoms with Crippen LogP contribution in [0.3, 0.4) is 0 Å². The third kappa shape index (κ3) is 3.13. The van der Waals surface area contributed by atoms with Crippen LogP contribution in [0.2, 0.25) is 0 Å². The van der Waals surface area contributed by atoms with Gasteiger partial charge in [0, 0.05) is 6.04 Å². The van der Waals surface area contributed by atoms with Crippen LogP contribution in [0, 0.1) is 0 Å². The molecule has 2 aromatic rings. The fourth-order valence-electron chi connectivity index (χ4n) is 2.89. The van der Waals surface area contributed by atoms with Gasteiger partial charge in [-0.05, 0) is 44.2 Å². The van der Waals surface area contributed by atoms with Crippen molar-refractivity contribution in [3.05, 3.63) is 18.3 Å². The van der Waals surface area contributed by atoms with Crippen LogP contribution in [-0.4, -0.2) is 29.0 Å². The number of aromatic amines is 1. The Hall–Kier alpha value is -1.75. The van der Waals surface area contributed by atoms with Crippen molar-refractivity contribution < 1.29 is 9.47 Å². The summed E-state index contributed by atoms with van der Waals surface area (Å²) in [7, 11) is 0. The molecule has 1 heterocycles. The second-order valence-corrected chi connectivity index (χ2v) is 5.74. The number of hydrogen-bond acceptors (Lipinski definition) is 4. The molecule has 1 aliphatic carbocycles. The second-order valence-electron chi connectivity index (χ2n) is 5.74. The van der Waals surface area contributed by atoms with Gasteiger partial charge in [-0.15, -0.1) is 0 Å². The SMILES string of the molecule is CCCOc1c(O[C@H]2CCC[C@@H](N)C2)ccc2[nH]ncc12. The molecule has 1 aromatic heterocycles. The van der Waals surface area contributed by atoms with E-state index in [9.17, 15) is 0 Å². The molecular weight excluding hydrogens is 266 g/mol. The van der Waals surface area contributed by atoms with Crippen molar-refractivity contribution in [2.75, 3.05) is 6.61 Å². The molecule has 1 saturated carbocycles. The van der Waals surface area contributed by atoms with Gasteiger partial charge in [0.1, 0.15) is 6.10 Å². The molecule has 0 aliphatic heterocycles. The molecule has 1 aliphatic rings. The number of nitrogens with one attached hydrogen (secondary N) is 1. The van der Waals surface area contributed by atoms with Gasteiger partial charge in [0.15, 0.2) is 11.5 Å². The van der Waals surface area contributed by atoms with Crippen molar-refractivity contribution in [1.29, 1.82) is 0 Å². The lowest BCUT2D eigenvalue weighted by Gasteiger charge is -2.28. The fraction of sp³-hybridized carbons (Fsp3) is 0.562. The first-order chi connectivity index (χ1) is 10.3. The molecule has 114 valence electrons. The first-order valence-electron chi connectivity index (χ1n) is 7.79. The molecule has 0 radical (unpaired) electrons. The van der Waals surface area contributed by atoms with Gasteiger partial charge < -0.3 is 15.2 Å². The lowest BCUT2D eigenvalue weighted by molar-refractivity contribution is 0.138. The van der Waals surface area contributed by atoms with Gasteiger partial charge in [-0.25, -0.2) is 0 Å². The maximum absolute atomic E-state index is 6.18. The molecule has 3 rings (SSSR count).